The molecule has 1 aliphatic rings. The molecule has 1 aliphatic heterocycles. The van der Waals surface area contributed by atoms with E-state index >= 15 is 0 Å². The van der Waals surface area contributed by atoms with Gasteiger partial charge >= 0.3 is 0 Å². The van der Waals surface area contributed by atoms with Crippen LogP contribution in [0.3, 0.4) is 0 Å². The zero-order valence-electron chi connectivity index (χ0n) is 10.1. The molecule has 0 radical (unpaired) electrons. The first kappa shape index (κ1) is 12.4. The number of hydrogen-bond acceptors (Lipinski definition) is 3. The summed E-state index contributed by atoms with van der Waals surface area (Å²) in [4.78, 5) is 15.9. The molecule has 4 heteroatoms. The molecule has 17 heavy (non-hydrogen) atoms. The molecule has 2 rings (SSSR count). The van der Waals surface area contributed by atoms with Crippen molar-refractivity contribution in [3.63, 3.8) is 0 Å². The van der Waals surface area contributed by atoms with E-state index in [1.807, 2.05) is 30.8 Å². The highest BCUT2D eigenvalue weighted by molar-refractivity contribution is 7.99. The Balaban J connectivity index is 1.74. The number of pyridine rings is 1. The van der Waals surface area contributed by atoms with Crippen molar-refractivity contribution in [2.75, 3.05) is 18.1 Å². The van der Waals surface area contributed by atoms with Gasteiger partial charge in [-0.15, -0.1) is 0 Å². The van der Waals surface area contributed by atoms with Crippen molar-refractivity contribution in [2.24, 2.45) is 5.92 Å². The molecule has 92 valence electrons. The zero-order chi connectivity index (χ0) is 12.1. The SMILES string of the molecule is Cc1ccc(CC(=O)NC[C@@H]2CCSC2)cn1. The Hall–Kier alpha value is -1.03. The summed E-state index contributed by atoms with van der Waals surface area (Å²) in [5.74, 6) is 3.20. The first-order chi connectivity index (χ1) is 8.24. The Kier molecular flexibility index (Phi) is 4.42. The average Bonchev–Trinajstić information content (AvgIpc) is 2.83. The highest BCUT2D eigenvalue weighted by Gasteiger charge is 2.16. The summed E-state index contributed by atoms with van der Waals surface area (Å²) in [6, 6.07) is 3.91. The van der Waals surface area contributed by atoms with Crippen LogP contribution in [-0.2, 0) is 11.2 Å². The predicted molar refractivity (Wildman–Crippen MR) is 71.1 cm³/mol. The number of carbonyl (C=O) groups is 1. The number of amides is 1. The molecule has 0 saturated carbocycles. The van der Waals surface area contributed by atoms with E-state index in [2.05, 4.69) is 10.3 Å². The third-order valence-corrected chi connectivity index (χ3v) is 4.18. The molecular weight excluding hydrogens is 232 g/mol. The summed E-state index contributed by atoms with van der Waals surface area (Å²) < 4.78 is 0. The third kappa shape index (κ3) is 4.04. The normalized spacial score (nSPS) is 19.2. The first-order valence-electron chi connectivity index (χ1n) is 6.00. The monoisotopic (exact) mass is 250 g/mol. The Labute approximate surface area is 106 Å². The van der Waals surface area contributed by atoms with Crippen LogP contribution in [0.5, 0.6) is 0 Å². The second-order valence-electron chi connectivity index (χ2n) is 4.52. The lowest BCUT2D eigenvalue weighted by Crippen LogP contribution is -2.30. The minimum absolute atomic E-state index is 0.104. The van der Waals surface area contributed by atoms with Gasteiger partial charge in [-0.2, -0.15) is 11.8 Å². The van der Waals surface area contributed by atoms with E-state index in [0.717, 1.165) is 17.8 Å². The first-order valence-corrected chi connectivity index (χ1v) is 7.15. The van der Waals surface area contributed by atoms with Crippen LogP contribution in [0.25, 0.3) is 0 Å². The standard InChI is InChI=1S/C13H18N2OS/c1-10-2-3-11(7-14-10)6-13(16)15-8-12-4-5-17-9-12/h2-3,7,12H,4-6,8-9H2,1H3,(H,15,16)/t12-/m0/s1. The van der Waals surface area contributed by atoms with Gasteiger partial charge in [0.2, 0.25) is 5.91 Å². The van der Waals surface area contributed by atoms with Crippen LogP contribution >= 0.6 is 11.8 Å². The van der Waals surface area contributed by atoms with E-state index in [0.29, 0.717) is 12.3 Å². The van der Waals surface area contributed by atoms with Crippen molar-refractivity contribution in [2.45, 2.75) is 19.8 Å². The van der Waals surface area contributed by atoms with Crippen LogP contribution in [0.15, 0.2) is 18.3 Å². The van der Waals surface area contributed by atoms with Gasteiger partial charge in [0.05, 0.1) is 6.42 Å². The molecule has 0 spiro atoms. The fraction of sp³-hybridized carbons (Fsp3) is 0.538. The summed E-state index contributed by atoms with van der Waals surface area (Å²) in [6.07, 6.45) is 3.45. The van der Waals surface area contributed by atoms with Gasteiger partial charge in [0.15, 0.2) is 0 Å². The van der Waals surface area contributed by atoms with E-state index in [1.165, 1.54) is 17.9 Å². The Morgan fingerprint density at radius 2 is 2.47 bits per heavy atom. The number of aryl methyl sites for hydroxylation is 1. The fourth-order valence-corrected chi connectivity index (χ4v) is 3.14. The van der Waals surface area contributed by atoms with Crippen molar-refractivity contribution >= 4 is 17.7 Å². The van der Waals surface area contributed by atoms with Crippen molar-refractivity contribution in [1.29, 1.82) is 0 Å². The number of hydrogen-bond donors (Lipinski definition) is 1. The molecule has 1 fully saturated rings. The van der Waals surface area contributed by atoms with Gasteiger partial charge in [-0.1, -0.05) is 6.07 Å². The van der Waals surface area contributed by atoms with E-state index in [1.54, 1.807) is 6.20 Å². The topological polar surface area (TPSA) is 42.0 Å². The number of rotatable bonds is 4. The maximum absolute atomic E-state index is 11.7. The zero-order valence-corrected chi connectivity index (χ0v) is 10.9. The van der Waals surface area contributed by atoms with Crippen LogP contribution in [-0.4, -0.2) is 28.9 Å². The van der Waals surface area contributed by atoms with Crippen LogP contribution < -0.4 is 5.32 Å². The van der Waals surface area contributed by atoms with Crippen molar-refractivity contribution in [3.05, 3.63) is 29.6 Å². The quantitative estimate of drug-likeness (QED) is 0.886. The van der Waals surface area contributed by atoms with Crippen LogP contribution in [0.4, 0.5) is 0 Å². The van der Waals surface area contributed by atoms with Crippen LogP contribution in [0.2, 0.25) is 0 Å². The van der Waals surface area contributed by atoms with Gasteiger partial charge in [0.1, 0.15) is 0 Å². The van der Waals surface area contributed by atoms with Gasteiger partial charge in [-0.25, -0.2) is 0 Å². The van der Waals surface area contributed by atoms with E-state index in [9.17, 15) is 4.79 Å². The molecule has 2 heterocycles. The highest BCUT2D eigenvalue weighted by atomic mass is 32.2. The maximum atomic E-state index is 11.7. The maximum Gasteiger partial charge on any atom is 0.224 e. The van der Waals surface area contributed by atoms with Crippen molar-refractivity contribution < 1.29 is 4.79 Å². The van der Waals surface area contributed by atoms with Gasteiger partial charge < -0.3 is 5.32 Å². The Morgan fingerprint density at radius 1 is 1.59 bits per heavy atom. The van der Waals surface area contributed by atoms with Gasteiger partial charge in [-0.05, 0) is 42.4 Å². The summed E-state index contributed by atoms with van der Waals surface area (Å²) in [6.45, 7) is 2.77. The second kappa shape index (κ2) is 6.05. The number of nitrogens with zero attached hydrogens (tertiary/aromatic N) is 1. The largest absolute Gasteiger partial charge is 0.356 e. The average molecular weight is 250 g/mol. The van der Waals surface area contributed by atoms with Gasteiger partial charge in [-0.3, -0.25) is 9.78 Å². The summed E-state index contributed by atoms with van der Waals surface area (Å²) >= 11 is 1.98. The lowest BCUT2D eigenvalue weighted by Gasteiger charge is -2.09. The number of thioether (sulfide) groups is 1. The molecule has 0 aliphatic carbocycles. The van der Waals surface area contributed by atoms with E-state index in [4.69, 9.17) is 0 Å². The van der Waals surface area contributed by atoms with Crippen LogP contribution in [0.1, 0.15) is 17.7 Å². The van der Waals surface area contributed by atoms with Crippen molar-refractivity contribution in [3.8, 4) is 0 Å². The van der Waals surface area contributed by atoms with Gasteiger partial charge in [0, 0.05) is 18.4 Å². The van der Waals surface area contributed by atoms with Crippen molar-refractivity contribution in [1.82, 2.24) is 10.3 Å². The molecule has 1 saturated heterocycles. The van der Waals surface area contributed by atoms with E-state index in [-0.39, 0.29) is 5.91 Å². The Bertz CT molecular complexity index is 372. The molecule has 1 amide bonds. The molecule has 0 unspecified atom stereocenters. The molecule has 1 N–H and O–H groups in total. The van der Waals surface area contributed by atoms with Gasteiger partial charge in [0.25, 0.3) is 0 Å². The number of carbonyl (C=O) groups excluding carboxylic acids is 1. The molecular formula is C13H18N2OS. The fourth-order valence-electron chi connectivity index (χ4n) is 1.85. The van der Waals surface area contributed by atoms with Crippen LogP contribution in [0, 0.1) is 12.8 Å². The minimum Gasteiger partial charge on any atom is -0.356 e. The smallest absolute Gasteiger partial charge is 0.224 e. The molecule has 3 nitrogen and oxygen atoms in total. The van der Waals surface area contributed by atoms with E-state index < -0.39 is 0 Å². The molecule has 1 aromatic rings. The second-order valence-corrected chi connectivity index (χ2v) is 5.67. The number of aromatic nitrogens is 1. The molecule has 0 bridgehead atoms. The minimum atomic E-state index is 0.104. The highest BCUT2D eigenvalue weighted by Crippen LogP contribution is 2.22. The number of nitrogens with one attached hydrogen (secondary N) is 1. The lowest BCUT2D eigenvalue weighted by molar-refractivity contribution is -0.120. The Morgan fingerprint density at radius 3 is 3.12 bits per heavy atom. The third-order valence-electron chi connectivity index (χ3n) is 2.95. The summed E-state index contributed by atoms with van der Waals surface area (Å²) in [5.41, 5.74) is 1.96. The lowest BCUT2D eigenvalue weighted by atomic mass is 10.1. The molecule has 0 aromatic carbocycles. The predicted octanol–water partition coefficient (Wildman–Crippen LogP) is 1.80. The summed E-state index contributed by atoms with van der Waals surface area (Å²) in [7, 11) is 0. The molecule has 1 atom stereocenters. The summed E-state index contributed by atoms with van der Waals surface area (Å²) in [5, 5.41) is 3.01. The molecule has 1 aromatic heterocycles.